The van der Waals surface area contributed by atoms with Crippen LogP contribution in [0.4, 0.5) is 0 Å². The third-order valence-corrected chi connectivity index (χ3v) is 2.55. The summed E-state index contributed by atoms with van der Waals surface area (Å²) in [5, 5.41) is 2.08. The molecule has 0 N–H and O–H groups in total. The Hall–Kier alpha value is -0.900. The van der Waals surface area contributed by atoms with Gasteiger partial charge in [0.2, 0.25) is 5.75 Å². The summed E-state index contributed by atoms with van der Waals surface area (Å²) >= 11 is 0. The van der Waals surface area contributed by atoms with Crippen LogP contribution in [0.15, 0.2) is 30.3 Å². The Balaban J connectivity index is 0.00000144. The summed E-state index contributed by atoms with van der Waals surface area (Å²) < 4.78 is 16.0. The molecule has 0 aliphatic carbocycles. The summed E-state index contributed by atoms with van der Waals surface area (Å²) in [6.45, 7) is 0. The van der Waals surface area contributed by atoms with Crippen LogP contribution in [0.25, 0.3) is 10.8 Å². The van der Waals surface area contributed by atoms with Gasteiger partial charge in [-0.2, -0.15) is 0 Å². The van der Waals surface area contributed by atoms with Crippen LogP contribution in [0.5, 0.6) is 17.2 Å². The maximum absolute atomic E-state index is 5.39. The van der Waals surface area contributed by atoms with Crippen molar-refractivity contribution in [2.75, 3.05) is 21.3 Å². The van der Waals surface area contributed by atoms with Gasteiger partial charge in [-0.3, -0.25) is 0 Å². The van der Waals surface area contributed by atoms with Gasteiger partial charge in [-0.15, -0.1) is 0 Å². The molecule has 0 unspecified atom stereocenters. The minimum absolute atomic E-state index is 0. The fourth-order valence-corrected chi connectivity index (χ4v) is 1.82. The molecular weight excluding hydrogens is 227 g/mol. The molecule has 3 nitrogen and oxygen atoms in total. The summed E-state index contributed by atoms with van der Waals surface area (Å²) in [7, 11) is 4.85. The van der Waals surface area contributed by atoms with E-state index in [2.05, 4.69) is 0 Å². The molecule has 4 heteroatoms. The molecule has 0 aliphatic heterocycles. The molecule has 0 spiro atoms. The molecule has 0 bridgehead atoms. The zero-order valence-corrected chi connectivity index (χ0v) is 9.61. The van der Waals surface area contributed by atoms with Crippen molar-refractivity contribution in [3.05, 3.63) is 30.3 Å². The van der Waals surface area contributed by atoms with Crippen molar-refractivity contribution < 1.29 is 14.2 Å². The summed E-state index contributed by atoms with van der Waals surface area (Å²) in [4.78, 5) is 0. The van der Waals surface area contributed by atoms with Gasteiger partial charge in [-0.25, -0.2) is 0 Å². The summed E-state index contributed by atoms with van der Waals surface area (Å²) in [5.41, 5.74) is 0. The zero-order chi connectivity index (χ0) is 11.5. The summed E-state index contributed by atoms with van der Waals surface area (Å²) in [6, 6.07) is 9.90. The number of hydrogen-bond donors (Lipinski definition) is 0. The van der Waals surface area contributed by atoms with Crippen molar-refractivity contribution in [1.82, 2.24) is 0 Å². The van der Waals surface area contributed by atoms with Crippen LogP contribution >= 0.6 is 0 Å². The monoisotopic (exact) mass is 242 g/mol. The first-order chi connectivity index (χ1) is 7.81. The third-order valence-electron chi connectivity index (χ3n) is 2.55. The van der Waals surface area contributed by atoms with E-state index in [9.17, 15) is 0 Å². The molecule has 0 fully saturated rings. The fraction of sp³-hybridized carbons (Fsp3) is 0.231. The van der Waals surface area contributed by atoms with Gasteiger partial charge in [0.25, 0.3) is 0 Å². The van der Waals surface area contributed by atoms with Crippen molar-refractivity contribution in [3.63, 3.8) is 0 Å². The van der Waals surface area contributed by atoms with Crippen molar-refractivity contribution in [2.45, 2.75) is 0 Å². The van der Waals surface area contributed by atoms with Crippen LogP contribution in [0, 0.1) is 0 Å². The molecule has 86 valence electrons. The average Bonchev–Trinajstić information content (AvgIpc) is 2.36. The number of hydrogen-bond acceptors (Lipinski definition) is 3. The van der Waals surface area contributed by atoms with Crippen LogP contribution in [-0.4, -0.2) is 50.9 Å². The number of rotatable bonds is 3. The van der Waals surface area contributed by atoms with Crippen molar-refractivity contribution in [3.8, 4) is 17.2 Å². The van der Waals surface area contributed by atoms with Crippen molar-refractivity contribution in [2.24, 2.45) is 0 Å². The maximum atomic E-state index is 5.39. The van der Waals surface area contributed by atoms with E-state index in [1.165, 1.54) is 0 Å². The topological polar surface area (TPSA) is 27.7 Å². The molecule has 0 saturated carbocycles. The van der Waals surface area contributed by atoms with E-state index in [-0.39, 0.29) is 29.6 Å². The second-order valence-electron chi connectivity index (χ2n) is 3.37. The van der Waals surface area contributed by atoms with Gasteiger partial charge in [0.05, 0.1) is 21.3 Å². The molecule has 0 radical (unpaired) electrons. The SMILES string of the molecule is COc1cc2ccccc2c(OC)c1OC.[NaH]. The van der Waals surface area contributed by atoms with E-state index >= 15 is 0 Å². The van der Waals surface area contributed by atoms with Crippen LogP contribution in [-0.2, 0) is 0 Å². The van der Waals surface area contributed by atoms with Crippen molar-refractivity contribution in [1.29, 1.82) is 0 Å². The number of fused-ring (bicyclic) bond motifs is 1. The van der Waals surface area contributed by atoms with E-state index in [0.29, 0.717) is 17.2 Å². The standard InChI is InChI=1S/C13H14O3.Na.H/c1-14-11-8-9-6-4-5-7-10(9)12(15-2)13(11)16-3;;/h4-8H,1-3H3;;. The molecule has 0 heterocycles. The third kappa shape index (κ3) is 2.51. The summed E-state index contributed by atoms with van der Waals surface area (Å²) in [6.07, 6.45) is 0. The van der Waals surface area contributed by atoms with Gasteiger partial charge in [0.15, 0.2) is 11.5 Å². The molecule has 0 amide bonds. The Morgan fingerprint density at radius 1 is 0.824 bits per heavy atom. The average molecular weight is 242 g/mol. The van der Waals surface area contributed by atoms with Crippen LogP contribution in [0.1, 0.15) is 0 Å². The minimum atomic E-state index is 0. The number of methoxy groups -OCH3 is 3. The number of benzene rings is 2. The Morgan fingerprint density at radius 3 is 2.06 bits per heavy atom. The van der Waals surface area contributed by atoms with E-state index < -0.39 is 0 Å². The first-order valence-electron chi connectivity index (χ1n) is 4.99. The van der Waals surface area contributed by atoms with Crippen molar-refractivity contribution >= 4 is 40.3 Å². The van der Waals surface area contributed by atoms with Gasteiger partial charge >= 0.3 is 29.6 Å². The molecule has 17 heavy (non-hydrogen) atoms. The van der Waals surface area contributed by atoms with Gasteiger partial charge in [0, 0.05) is 5.39 Å². The molecule has 0 aliphatic rings. The summed E-state index contributed by atoms with van der Waals surface area (Å²) in [5.74, 6) is 2.01. The van der Waals surface area contributed by atoms with Crippen LogP contribution < -0.4 is 14.2 Å². The molecule has 2 rings (SSSR count). The fourth-order valence-electron chi connectivity index (χ4n) is 1.82. The van der Waals surface area contributed by atoms with E-state index in [1.807, 2.05) is 30.3 Å². The zero-order valence-electron chi connectivity index (χ0n) is 9.61. The van der Waals surface area contributed by atoms with E-state index in [1.54, 1.807) is 21.3 Å². The molecule has 0 saturated heterocycles. The first-order valence-corrected chi connectivity index (χ1v) is 4.99. The quantitative estimate of drug-likeness (QED) is 0.772. The molecule has 0 atom stereocenters. The Bertz CT molecular complexity index is 511. The van der Waals surface area contributed by atoms with Crippen LogP contribution in [0.2, 0.25) is 0 Å². The van der Waals surface area contributed by atoms with Gasteiger partial charge in [-0.05, 0) is 11.5 Å². The second-order valence-corrected chi connectivity index (χ2v) is 3.37. The van der Waals surface area contributed by atoms with E-state index in [0.717, 1.165) is 10.8 Å². The predicted octanol–water partition coefficient (Wildman–Crippen LogP) is 2.22. The molecule has 0 aromatic heterocycles. The number of ether oxygens (including phenoxy) is 3. The first kappa shape index (κ1) is 14.2. The normalized spacial score (nSPS) is 9.59. The molecular formula is C13H15NaO3. The van der Waals surface area contributed by atoms with Gasteiger partial charge < -0.3 is 14.2 Å². The molecule has 2 aromatic rings. The van der Waals surface area contributed by atoms with Crippen LogP contribution in [0.3, 0.4) is 0 Å². The Labute approximate surface area is 123 Å². The molecule has 2 aromatic carbocycles. The van der Waals surface area contributed by atoms with E-state index in [4.69, 9.17) is 14.2 Å². The Morgan fingerprint density at radius 2 is 1.47 bits per heavy atom. The predicted molar refractivity (Wildman–Crippen MR) is 70.8 cm³/mol. The second kappa shape index (κ2) is 6.15. The van der Waals surface area contributed by atoms with Gasteiger partial charge in [0.1, 0.15) is 0 Å². The Kier molecular flexibility index (Phi) is 5.12. The van der Waals surface area contributed by atoms with Gasteiger partial charge in [-0.1, -0.05) is 24.3 Å².